The highest BCUT2D eigenvalue weighted by Gasteiger charge is 2.39. The second kappa shape index (κ2) is 8.86. The van der Waals surface area contributed by atoms with Gasteiger partial charge in [-0.1, -0.05) is 12.1 Å². The van der Waals surface area contributed by atoms with Crippen molar-refractivity contribution in [3.8, 4) is 17.2 Å². The van der Waals surface area contributed by atoms with Gasteiger partial charge in [-0.05, 0) is 28.1 Å². The number of para-hydroxylation sites is 2. The summed E-state index contributed by atoms with van der Waals surface area (Å²) < 4.78 is 50.2. The lowest BCUT2D eigenvalue weighted by Gasteiger charge is -2.12. The average molecular weight is 515 g/mol. The summed E-state index contributed by atoms with van der Waals surface area (Å²) in [5, 5.41) is 17.0. The fraction of sp³-hybridized carbons (Fsp3) is 0.158. The fourth-order valence-corrected chi connectivity index (χ4v) is 3.51. The van der Waals surface area contributed by atoms with E-state index >= 15 is 0 Å². The lowest BCUT2D eigenvalue weighted by molar-refractivity contribution is -0.384. The number of non-ortho nitro benzene ring substituents is 1. The number of carbonyl (C=O) groups excluding carboxylic acids is 1. The van der Waals surface area contributed by atoms with Crippen LogP contribution in [0.5, 0.6) is 17.2 Å². The van der Waals surface area contributed by atoms with E-state index in [1.54, 1.807) is 24.3 Å². The number of nitrogens with zero attached hydrogens (tertiary/aromatic N) is 3. The van der Waals surface area contributed by atoms with Crippen LogP contribution in [0.25, 0.3) is 0 Å². The van der Waals surface area contributed by atoms with Crippen LogP contribution >= 0.6 is 15.9 Å². The van der Waals surface area contributed by atoms with E-state index in [0.29, 0.717) is 5.75 Å². The number of halogens is 4. The van der Waals surface area contributed by atoms with Crippen LogP contribution in [0.2, 0.25) is 0 Å². The quantitative estimate of drug-likeness (QED) is 0.359. The second-order valence-electron chi connectivity index (χ2n) is 6.31. The molecule has 0 saturated carbocycles. The summed E-state index contributed by atoms with van der Waals surface area (Å²) in [6.45, 7) is 0. The molecule has 3 aromatic rings. The third-order valence-corrected chi connectivity index (χ3v) is 4.88. The molecule has 1 aromatic heterocycles. The molecular formula is C19H14BrF3N4O5. The molecule has 0 aliphatic carbocycles. The summed E-state index contributed by atoms with van der Waals surface area (Å²) in [6, 6.07) is 10.0. The van der Waals surface area contributed by atoms with Crippen LogP contribution in [0.4, 0.5) is 24.5 Å². The standard InChI is InChI=1S/C19H14BrF3N4O5/c1-26-16(15(20)17(25-26)19(21,22)23)18(28)24-10-7-11(27(29)30)9-12(8-10)32-14-6-4-3-5-13(14)31-2/h3-9H,1-2H3,(H,24,28). The van der Waals surface area contributed by atoms with Crippen LogP contribution in [0, 0.1) is 10.1 Å². The highest BCUT2D eigenvalue weighted by molar-refractivity contribution is 9.10. The number of nitro groups is 1. The monoisotopic (exact) mass is 514 g/mol. The highest BCUT2D eigenvalue weighted by Crippen LogP contribution is 2.37. The maximum absolute atomic E-state index is 13.1. The van der Waals surface area contributed by atoms with Crippen molar-refractivity contribution >= 4 is 33.2 Å². The van der Waals surface area contributed by atoms with Gasteiger partial charge in [-0.25, -0.2) is 0 Å². The minimum atomic E-state index is -4.78. The van der Waals surface area contributed by atoms with E-state index in [2.05, 4.69) is 26.3 Å². The first kappa shape index (κ1) is 23.1. The number of aryl methyl sites for hydroxylation is 1. The molecule has 1 N–H and O–H groups in total. The third kappa shape index (κ3) is 4.82. The summed E-state index contributed by atoms with van der Waals surface area (Å²) in [7, 11) is 2.58. The molecule has 0 spiro atoms. The maximum atomic E-state index is 13.1. The van der Waals surface area contributed by atoms with Crippen molar-refractivity contribution in [2.75, 3.05) is 12.4 Å². The molecule has 9 nitrogen and oxygen atoms in total. The second-order valence-corrected chi connectivity index (χ2v) is 7.11. The molecule has 0 bridgehead atoms. The molecule has 13 heteroatoms. The van der Waals surface area contributed by atoms with Gasteiger partial charge in [0.2, 0.25) is 0 Å². The van der Waals surface area contributed by atoms with Gasteiger partial charge in [-0.2, -0.15) is 18.3 Å². The Morgan fingerprint density at radius 2 is 1.88 bits per heavy atom. The Hall–Kier alpha value is -3.61. The molecule has 3 rings (SSSR count). The molecule has 1 heterocycles. The Labute approximate surface area is 187 Å². The number of amides is 1. The SMILES string of the molecule is COc1ccccc1Oc1cc(NC(=O)c2c(Br)c(C(F)(F)F)nn2C)cc([N+](=O)[O-])c1. The molecular weight excluding hydrogens is 501 g/mol. The Morgan fingerprint density at radius 3 is 2.44 bits per heavy atom. The Balaban J connectivity index is 1.96. The van der Waals surface area contributed by atoms with E-state index < -0.39 is 38.6 Å². The van der Waals surface area contributed by atoms with Crippen LogP contribution in [0.3, 0.4) is 0 Å². The van der Waals surface area contributed by atoms with Crippen LogP contribution in [-0.2, 0) is 13.2 Å². The van der Waals surface area contributed by atoms with Gasteiger partial charge in [-0.15, -0.1) is 0 Å². The van der Waals surface area contributed by atoms with E-state index in [0.717, 1.165) is 16.8 Å². The van der Waals surface area contributed by atoms with Gasteiger partial charge in [0.25, 0.3) is 11.6 Å². The lowest BCUT2D eigenvalue weighted by atomic mass is 10.2. The van der Waals surface area contributed by atoms with Crippen molar-refractivity contribution in [2.24, 2.45) is 7.05 Å². The summed E-state index contributed by atoms with van der Waals surface area (Å²) >= 11 is 2.75. The number of aromatic nitrogens is 2. The molecule has 1 amide bonds. The van der Waals surface area contributed by atoms with E-state index in [-0.39, 0.29) is 17.2 Å². The zero-order chi connectivity index (χ0) is 23.6. The van der Waals surface area contributed by atoms with E-state index in [1.165, 1.54) is 20.2 Å². The molecule has 0 saturated heterocycles. The summed E-state index contributed by atoms with van der Waals surface area (Å²) in [4.78, 5) is 23.3. The fourth-order valence-electron chi connectivity index (χ4n) is 2.77. The Bertz CT molecular complexity index is 1200. The molecule has 0 atom stereocenters. The van der Waals surface area contributed by atoms with Gasteiger partial charge >= 0.3 is 6.18 Å². The molecule has 168 valence electrons. The van der Waals surface area contributed by atoms with Crippen molar-refractivity contribution in [2.45, 2.75) is 6.18 Å². The number of methoxy groups -OCH3 is 1. The Morgan fingerprint density at radius 1 is 1.22 bits per heavy atom. The van der Waals surface area contributed by atoms with Crippen LogP contribution < -0.4 is 14.8 Å². The first-order valence-corrected chi connectivity index (χ1v) is 9.52. The number of rotatable bonds is 6. The predicted octanol–water partition coefficient (Wildman–Crippen LogP) is 5.16. The first-order valence-electron chi connectivity index (χ1n) is 8.72. The largest absolute Gasteiger partial charge is 0.493 e. The summed E-state index contributed by atoms with van der Waals surface area (Å²) in [5.41, 5.74) is -2.18. The number of benzene rings is 2. The average Bonchev–Trinajstić information content (AvgIpc) is 3.02. The topological polar surface area (TPSA) is 109 Å². The third-order valence-electron chi connectivity index (χ3n) is 4.13. The summed E-state index contributed by atoms with van der Waals surface area (Å²) in [5.74, 6) is -0.342. The Kier molecular flexibility index (Phi) is 6.39. The van der Waals surface area contributed by atoms with Crippen molar-refractivity contribution in [3.63, 3.8) is 0 Å². The number of anilines is 1. The van der Waals surface area contributed by atoms with E-state index in [9.17, 15) is 28.1 Å². The highest BCUT2D eigenvalue weighted by atomic mass is 79.9. The minimum Gasteiger partial charge on any atom is -0.493 e. The van der Waals surface area contributed by atoms with Gasteiger partial charge < -0.3 is 14.8 Å². The smallest absolute Gasteiger partial charge is 0.436 e. The van der Waals surface area contributed by atoms with Gasteiger partial charge in [0.1, 0.15) is 11.4 Å². The maximum Gasteiger partial charge on any atom is 0.436 e. The van der Waals surface area contributed by atoms with Crippen LogP contribution in [-0.4, -0.2) is 27.7 Å². The van der Waals surface area contributed by atoms with Gasteiger partial charge in [0.15, 0.2) is 17.2 Å². The van der Waals surface area contributed by atoms with E-state index in [4.69, 9.17) is 9.47 Å². The molecule has 2 aromatic carbocycles. The zero-order valence-corrected chi connectivity index (χ0v) is 18.0. The number of alkyl halides is 3. The van der Waals surface area contributed by atoms with E-state index in [1.807, 2.05) is 0 Å². The number of ether oxygens (including phenoxy) is 2. The molecule has 32 heavy (non-hydrogen) atoms. The number of hydrogen-bond donors (Lipinski definition) is 1. The molecule has 0 unspecified atom stereocenters. The van der Waals surface area contributed by atoms with Crippen molar-refractivity contribution in [1.82, 2.24) is 9.78 Å². The first-order chi connectivity index (χ1) is 15.0. The number of carbonyl (C=O) groups is 1. The number of nitro benzene ring substituents is 1. The molecule has 0 aliphatic heterocycles. The number of nitrogens with one attached hydrogen (secondary N) is 1. The van der Waals surface area contributed by atoms with Crippen molar-refractivity contribution in [3.05, 3.63) is 68.4 Å². The normalized spacial score (nSPS) is 11.2. The molecule has 0 fully saturated rings. The number of hydrogen-bond acceptors (Lipinski definition) is 6. The van der Waals surface area contributed by atoms with Crippen LogP contribution in [0.15, 0.2) is 46.9 Å². The van der Waals surface area contributed by atoms with Gasteiger partial charge in [0.05, 0.1) is 28.3 Å². The zero-order valence-electron chi connectivity index (χ0n) is 16.4. The summed E-state index contributed by atoms with van der Waals surface area (Å²) in [6.07, 6.45) is -4.78. The van der Waals surface area contributed by atoms with Gasteiger partial charge in [0, 0.05) is 19.2 Å². The van der Waals surface area contributed by atoms with Gasteiger partial charge in [-0.3, -0.25) is 19.6 Å². The van der Waals surface area contributed by atoms with Crippen molar-refractivity contribution in [1.29, 1.82) is 0 Å². The van der Waals surface area contributed by atoms with Crippen molar-refractivity contribution < 1.29 is 32.4 Å². The predicted molar refractivity (Wildman–Crippen MR) is 110 cm³/mol. The minimum absolute atomic E-state index is 0.000877. The molecule has 0 radical (unpaired) electrons. The van der Waals surface area contributed by atoms with Crippen LogP contribution in [0.1, 0.15) is 16.2 Å². The lowest BCUT2D eigenvalue weighted by Crippen LogP contribution is -2.16. The molecule has 0 aliphatic rings.